The van der Waals surface area contributed by atoms with Gasteiger partial charge in [-0.3, -0.25) is 4.90 Å². The maximum atomic E-state index is 10.4. The Bertz CT molecular complexity index is 882. The lowest BCUT2D eigenvalue weighted by Crippen LogP contribution is -2.46. The van der Waals surface area contributed by atoms with E-state index in [1.54, 1.807) is 0 Å². The van der Waals surface area contributed by atoms with Crippen LogP contribution in [0, 0.1) is 6.92 Å². The lowest BCUT2D eigenvalue weighted by molar-refractivity contribution is 0.247. The molecule has 3 heteroatoms. The van der Waals surface area contributed by atoms with Gasteiger partial charge < -0.3 is 10.0 Å². The Kier molecular flexibility index (Phi) is 4.33. The molecule has 1 fully saturated rings. The number of phenolic OH excluding ortho intramolecular Hbond substituents is 1. The smallest absolute Gasteiger partial charge is 0.120 e. The molecule has 1 heterocycles. The van der Waals surface area contributed by atoms with Crippen LogP contribution in [0.5, 0.6) is 5.75 Å². The molecule has 0 aliphatic carbocycles. The number of anilines is 1. The van der Waals surface area contributed by atoms with Crippen LogP contribution in [0.3, 0.4) is 0 Å². The van der Waals surface area contributed by atoms with E-state index in [2.05, 4.69) is 53.1 Å². The molecular weight excluding hydrogens is 308 g/mol. The molecule has 1 saturated heterocycles. The van der Waals surface area contributed by atoms with Crippen molar-refractivity contribution in [2.75, 3.05) is 31.1 Å². The second-order valence-electron chi connectivity index (χ2n) is 6.89. The summed E-state index contributed by atoms with van der Waals surface area (Å²) in [6.07, 6.45) is 0. The Labute approximate surface area is 149 Å². The van der Waals surface area contributed by atoms with Crippen molar-refractivity contribution in [3.8, 4) is 5.75 Å². The molecule has 0 spiro atoms. The molecule has 0 bridgehead atoms. The van der Waals surface area contributed by atoms with Gasteiger partial charge in [0.1, 0.15) is 5.75 Å². The Hall–Kier alpha value is -2.52. The zero-order valence-electron chi connectivity index (χ0n) is 14.7. The quantitative estimate of drug-likeness (QED) is 0.779. The van der Waals surface area contributed by atoms with Gasteiger partial charge in [0, 0.05) is 44.0 Å². The highest BCUT2D eigenvalue weighted by Crippen LogP contribution is 2.29. The molecule has 1 N–H and O–H groups in total. The van der Waals surface area contributed by atoms with Crippen molar-refractivity contribution in [2.45, 2.75) is 13.5 Å². The third-order valence-electron chi connectivity index (χ3n) is 5.14. The second kappa shape index (κ2) is 6.77. The summed E-state index contributed by atoms with van der Waals surface area (Å²) in [7, 11) is 0. The van der Waals surface area contributed by atoms with Crippen LogP contribution in [0.15, 0.2) is 60.7 Å². The fourth-order valence-electron chi connectivity index (χ4n) is 3.70. The molecule has 0 saturated carbocycles. The number of piperazine rings is 1. The Morgan fingerprint density at radius 1 is 0.880 bits per heavy atom. The minimum absolute atomic E-state index is 0.403. The molecule has 0 atom stereocenters. The lowest BCUT2D eigenvalue weighted by Gasteiger charge is -2.36. The molecule has 1 aliphatic rings. The highest BCUT2D eigenvalue weighted by Gasteiger charge is 2.19. The van der Waals surface area contributed by atoms with Crippen molar-refractivity contribution in [1.82, 2.24) is 4.90 Å². The Morgan fingerprint density at radius 3 is 2.48 bits per heavy atom. The first-order valence-corrected chi connectivity index (χ1v) is 8.94. The van der Waals surface area contributed by atoms with Crippen molar-refractivity contribution < 1.29 is 5.11 Å². The van der Waals surface area contributed by atoms with Crippen molar-refractivity contribution in [1.29, 1.82) is 0 Å². The zero-order valence-corrected chi connectivity index (χ0v) is 14.7. The number of hydrogen-bond acceptors (Lipinski definition) is 3. The maximum absolute atomic E-state index is 10.4. The van der Waals surface area contributed by atoms with Crippen LogP contribution in [0.1, 0.15) is 11.1 Å². The number of rotatable bonds is 3. The van der Waals surface area contributed by atoms with Crippen LogP contribution < -0.4 is 4.90 Å². The highest BCUT2D eigenvalue weighted by atomic mass is 16.3. The first-order valence-electron chi connectivity index (χ1n) is 8.94. The van der Waals surface area contributed by atoms with Gasteiger partial charge in [-0.05, 0) is 41.5 Å². The monoisotopic (exact) mass is 332 g/mol. The number of phenols is 1. The fourth-order valence-corrected chi connectivity index (χ4v) is 3.70. The molecule has 0 aromatic heterocycles. The molecule has 1 aliphatic heterocycles. The van der Waals surface area contributed by atoms with E-state index in [4.69, 9.17) is 0 Å². The van der Waals surface area contributed by atoms with E-state index >= 15 is 0 Å². The topological polar surface area (TPSA) is 26.7 Å². The van der Waals surface area contributed by atoms with Gasteiger partial charge in [0.25, 0.3) is 0 Å². The summed E-state index contributed by atoms with van der Waals surface area (Å²) in [4.78, 5) is 4.89. The molecule has 4 rings (SSSR count). The van der Waals surface area contributed by atoms with E-state index in [0.29, 0.717) is 5.75 Å². The van der Waals surface area contributed by atoms with E-state index in [9.17, 15) is 5.11 Å². The Balaban J connectivity index is 1.48. The first kappa shape index (κ1) is 16.0. The minimum atomic E-state index is 0.403. The van der Waals surface area contributed by atoms with Gasteiger partial charge in [-0.25, -0.2) is 0 Å². The summed E-state index contributed by atoms with van der Waals surface area (Å²) in [6.45, 7) is 7.01. The molecular formula is C22H24N2O. The number of benzene rings is 3. The molecule has 0 amide bonds. The van der Waals surface area contributed by atoms with Crippen molar-refractivity contribution in [3.63, 3.8) is 0 Å². The average molecular weight is 332 g/mol. The number of aromatic hydroxyl groups is 1. The van der Waals surface area contributed by atoms with Crippen LogP contribution in [0.2, 0.25) is 0 Å². The van der Waals surface area contributed by atoms with E-state index in [1.807, 2.05) is 24.3 Å². The van der Waals surface area contributed by atoms with Crippen LogP contribution in [0.25, 0.3) is 10.8 Å². The van der Waals surface area contributed by atoms with Crippen LogP contribution in [-0.2, 0) is 6.54 Å². The SMILES string of the molecule is Cc1cccc(N2CCN(Cc3c(O)ccc4ccccc34)CC2)c1. The van der Waals surface area contributed by atoms with Gasteiger partial charge in [0.2, 0.25) is 0 Å². The lowest BCUT2D eigenvalue weighted by atomic mass is 10.0. The average Bonchev–Trinajstić information content (AvgIpc) is 2.65. The summed E-state index contributed by atoms with van der Waals surface area (Å²) in [5.41, 5.74) is 3.66. The summed E-state index contributed by atoms with van der Waals surface area (Å²) < 4.78 is 0. The summed E-state index contributed by atoms with van der Waals surface area (Å²) in [5, 5.41) is 12.7. The van der Waals surface area contributed by atoms with Crippen LogP contribution >= 0.6 is 0 Å². The van der Waals surface area contributed by atoms with Crippen molar-refractivity contribution >= 4 is 16.5 Å². The predicted octanol–water partition coefficient (Wildman–Crippen LogP) is 4.18. The molecule has 0 unspecified atom stereocenters. The number of fused-ring (bicyclic) bond motifs is 1. The second-order valence-corrected chi connectivity index (χ2v) is 6.89. The van der Waals surface area contributed by atoms with E-state index in [1.165, 1.54) is 16.6 Å². The van der Waals surface area contributed by atoms with Gasteiger partial charge in [-0.2, -0.15) is 0 Å². The van der Waals surface area contributed by atoms with E-state index in [0.717, 1.165) is 43.7 Å². The summed E-state index contributed by atoms with van der Waals surface area (Å²) in [5.74, 6) is 0.403. The van der Waals surface area contributed by atoms with E-state index in [-0.39, 0.29) is 0 Å². The molecule has 0 radical (unpaired) electrons. The molecule has 3 aromatic rings. The van der Waals surface area contributed by atoms with E-state index < -0.39 is 0 Å². The number of aryl methyl sites for hydroxylation is 1. The molecule has 25 heavy (non-hydrogen) atoms. The summed E-state index contributed by atoms with van der Waals surface area (Å²) >= 11 is 0. The van der Waals surface area contributed by atoms with Gasteiger partial charge in [0.15, 0.2) is 0 Å². The number of nitrogens with zero attached hydrogens (tertiary/aromatic N) is 2. The minimum Gasteiger partial charge on any atom is -0.508 e. The normalized spacial score (nSPS) is 15.6. The van der Waals surface area contributed by atoms with Gasteiger partial charge in [0.05, 0.1) is 0 Å². The van der Waals surface area contributed by atoms with Crippen LogP contribution in [0.4, 0.5) is 5.69 Å². The van der Waals surface area contributed by atoms with Crippen molar-refractivity contribution in [3.05, 3.63) is 71.8 Å². The third-order valence-corrected chi connectivity index (χ3v) is 5.14. The zero-order chi connectivity index (χ0) is 17.2. The largest absolute Gasteiger partial charge is 0.508 e. The van der Waals surface area contributed by atoms with Crippen molar-refractivity contribution in [2.24, 2.45) is 0 Å². The first-order chi connectivity index (χ1) is 12.2. The summed E-state index contributed by atoms with van der Waals surface area (Å²) in [6, 6.07) is 20.8. The standard InChI is InChI=1S/C22H24N2O/c1-17-5-4-7-19(15-17)24-13-11-23(12-14-24)16-21-20-8-3-2-6-18(20)9-10-22(21)25/h2-10,15,25H,11-14,16H2,1H3. The highest BCUT2D eigenvalue weighted by molar-refractivity contribution is 5.87. The van der Waals surface area contributed by atoms with Crippen LogP contribution in [-0.4, -0.2) is 36.2 Å². The maximum Gasteiger partial charge on any atom is 0.120 e. The third kappa shape index (κ3) is 3.33. The van der Waals surface area contributed by atoms with Gasteiger partial charge >= 0.3 is 0 Å². The number of hydrogen-bond donors (Lipinski definition) is 1. The predicted molar refractivity (Wildman–Crippen MR) is 104 cm³/mol. The molecule has 128 valence electrons. The fraction of sp³-hybridized carbons (Fsp3) is 0.273. The van der Waals surface area contributed by atoms with Gasteiger partial charge in [-0.1, -0.05) is 42.5 Å². The van der Waals surface area contributed by atoms with Gasteiger partial charge in [-0.15, -0.1) is 0 Å². The molecule has 3 nitrogen and oxygen atoms in total. The Morgan fingerprint density at radius 2 is 1.68 bits per heavy atom. The molecule has 3 aromatic carbocycles.